The minimum absolute atomic E-state index is 0. The van der Waals surface area contributed by atoms with Gasteiger partial charge in [0.25, 0.3) is 0 Å². The Kier molecular flexibility index (Phi) is 21.6. The van der Waals surface area contributed by atoms with Gasteiger partial charge in [-0.15, -0.1) is 42.4 Å². The maximum absolute atomic E-state index is 4.00. The third-order valence-electron chi connectivity index (χ3n) is 8.50. The van der Waals surface area contributed by atoms with Crippen LogP contribution in [0.3, 0.4) is 0 Å². The second kappa shape index (κ2) is 21.9. The van der Waals surface area contributed by atoms with Crippen molar-refractivity contribution in [2.24, 2.45) is 11.8 Å². The van der Waals surface area contributed by atoms with Crippen LogP contribution in [0.2, 0.25) is 0 Å². The Hall–Kier alpha value is -0.747. The van der Waals surface area contributed by atoms with Crippen molar-refractivity contribution in [1.82, 2.24) is 0 Å². The van der Waals surface area contributed by atoms with E-state index in [2.05, 4.69) is 108 Å². The standard InChI is InChI=1S/C21H25.2C7H13.C5H5.CH2.2ClH.Zr/c1-20(2,3)16-7-9-18-14(12-16)11-15-13-17(21(4,5)6)8-10-19(15)18;2*1-7-5-3-2-4-6-7;1-2-4-5-3-1;;;;/h7-10,12H,11H2,1-6H3;2*7H,1-6H2;1-3H,4H2;1H2;2*1H;/q4*-1;;;;. The van der Waals surface area contributed by atoms with E-state index in [9.17, 15) is 0 Å². The Morgan fingerprint density at radius 1 is 0.727 bits per heavy atom. The molecule has 0 nitrogen and oxygen atoms in total. The number of hydrogen-bond donors (Lipinski definition) is 0. The summed E-state index contributed by atoms with van der Waals surface area (Å²) in [6.07, 6.45) is 25.1. The summed E-state index contributed by atoms with van der Waals surface area (Å²) >= 11 is 1.30. The van der Waals surface area contributed by atoms with E-state index < -0.39 is 0 Å². The fourth-order valence-electron chi connectivity index (χ4n) is 5.74. The molecule has 0 saturated heterocycles. The van der Waals surface area contributed by atoms with Crippen molar-refractivity contribution in [1.29, 1.82) is 0 Å². The SMILES string of the molecule is CC(C)(C)c1[c-]c2c(cc1)-c1ccc(C(C)(C)C)cc1C2.Cl.Cl.[C-]1=CC=CC1.[CH2-]C1CCCCC1.[CH2-]C1CCCCC1.[CH2]=[Zr]. The molecule has 2 aromatic rings. The monoisotopic (exact) mass is 712 g/mol. The normalized spacial score (nSPS) is 16.8. The van der Waals surface area contributed by atoms with E-state index >= 15 is 0 Å². The van der Waals surface area contributed by atoms with E-state index in [1.165, 1.54) is 122 Å². The fraction of sp³-hybridized carbons (Fsp3) is 0.537. The van der Waals surface area contributed by atoms with Gasteiger partial charge in [-0.05, 0) is 28.4 Å². The first kappa shape index (κ1) is 43.3. The number of allylic oxidation sites excluding steroid dienone is 4. The van der Waals surface area contributed by atoms with Gasteiger partial charge in [-0.2, -0.15) is 41.7 Å². The zero-order chi connectivity index (χ0) is 31.2. The van der Waals surface area contributed by atoms with Crippen LogP contribution in [0.4, 0.5) is 0 Å². The number of benzene rings is 2. The van der Waals surface area contributed by atoms with Gasteiger partial charge >= 0.3 is 28.4 Å². The van der Waals surface area contributed by atoms with Crippen LogP contribution >= 0.6 is 24.8 Å². The molecule has 0 atom stereocenters. The van der Waals surface area contributed by atoms with Crippen molar-refractivity contribution < 1.29 is 24.2 Å². The second-order valence-corrected chi connectivity index (χ2v) is 14.3. The van der Waals surface area contributed by atoms with Gasteiger partial charge in [0.2, 0.25) is 0 Å². The molecule has 4 aliphatic rings. The van der Waals surface area contributed by atoms with Crippen LogP contribution < -0.4 is 0 Å². The summed E-state index contributed by atoms with van der Waals surface area (Å²) in [5.41, 5.74) is 8.70. The Bertz CT molecular complexity index is 1030. The number of rotatable bonds is 0. The minimum atomic E-state index is 0. The first-order chi connectivity index (χ1) is 19.9. The molecule has 44 heavy (non-hydrogen) atoms. The second-order valence-electron chi connectivity index (χ2n) is 14.3. The topological polar surface area (TPSA) is 0 Å². The molecule has 3 heteroatoms. The van der Waals surface area contributed by atoms with Crippen LogP contribution in [0.25, 0.3) is 11.1 Å². The van der Waals surface area contributed by atoms with Crippen LogP contribution in [-0.2, 0) is 41.5 Å². The molecule has 4 aliphatic carbocycles. The van der Waals surface area contributed by atoms with Crippen LogP contribution in [0.15, 0.2) is 48.6 Å². The number of hydrogen-bond acceptors (Lipinski definition) is 0. The molecule has 0 heterocycles. The van der Waals surface area contributed by atoms with Gasteiger partial charge in [-0.25, -0.2) is 12.2 Å². The van der Waals surface area contributed by atoms with Crippen LogP contribution in [0, 0.1) is 37.8 Å². The van der Waals surface area contributed by atoms with Gasteiger partial charge in [0.05, 0.1) is 0 Å². The molecule has 0 amide bonds. The van der Waals surface area contributed by atoms with E-state index in [4.69, 9.17) is 0 Å². The number of fused-ring (bicyclic) bond motifs is 3. The zero-order valence-electron chi connectivity index (χ0n) is 28.7. The molecule has 0 N–H and O–H groups in total. The molecule has 2 fully saturated rings. The van der Waals surface area contributed by atoms with Gasteiger partial charge in [0, 0.05) is 0 Å². The van der Waals surface area contributed by atoms with Crippen molar-refractivity contribution in [3.8, 4) is 11.1 Å². The van der Waals surface area contributed by atoms with Crippen LogP contribution in [0.5, 0.6) is 0 Å². The van der Waals surface area contributed by atoms with E-state index in [1.807, 2.05) is 12.2 Å². The van der Waals surface area contributed by atoms with E-state index in [0.29, 0.717) is 0 Å². The third kappa shape index (κ3) is 15.2. The van der Waals surface area contributed by atoms with Crippen molar-refractivity contribution in [3.63, 3.8) is 0 Å². The van der Waals surface area contributed by atoms with Gasteiger partial charge in [-0.1, -0.05) is 130 Å². The molecule has 246 valence electrons. The Balaban J connectivity index is 0.000000658. The van der Waals surface area contributed by atoms with Crippen LogP contribution in [-0.4, -0.2) is 4.21 Å². The van der Waals surface area contributed by atoms with E-state index in [-0.39, 0.29) is 35.6 Å². The molecule has 0 radical (unpaired) electrons. The Morgan fingerprint density at radius 2 is 1.25 bits per heavy atom. The zero-order valence-corrected chi connectivity index (χ0v) is 32.8. The predicted molar refractivity (Wildman–Crippen MR) is 198 cm³/mol. The molecule has 2 saturated carbocycles. The van der Waals surface area contributed by atoms with Crippen molar-refractivity contribution in [3.05, 3.63) is 96.8 Å². The Labute approximate surface area is 300 Å². The van der Waals surface area contributed by atoms with E-state index in [0.717, 1.165) is 24.7 Å². The van der Waals surface area contributed by atoms with Crippen molar-refractivity contribution >= 4 is 29.0 Å². The summed E-state index contributed by atoms with van der Waals surface area (Å²) in [6, 6.07) is 15.2. The first-order valence-corrected chi connectivity index (χ1v) is 18.1. The van der Waals surface area contributed by atoms with Crippen molar-refractivity contribution in [2.75, 3.05) is 0 Å². The van der Waals surface area contributed by atoms with Crippen LogP contribution in [0.1, 0.15) is 134 Å². The molecule has 6 rings (SSSR count). The van der Waals surface area contributed by atoms with E-state index in [1.54, 1.807) is 0 Å². The summed E-state index contributed by atoms with van der Waals surface area (Å²) in [5.74, 6) is 1.57. The fourth-order valence-corrected chi connectivity index (χ4v) is 5.74. The van der Waals surface area contributed by atoms with Gasteiger partial charge < -0.3 is 13.8 Å². The molecule has 0 aromatic heterocycles. The maximum atomic E-state index is 4.00. The molecular formula is C41H60Cl2Zr-4. The summed E-state index contributed by atoms with van der Waals surface area (Å²) in [4.78, 5) is 0. The molecular weight excluding hydrogens is 655 g/mol. The Morgan fingerprint density at radius 3 is 1.61 bits per heavy atom. The quantitative estimate of drug-likeness (QED) is 0.203. The third-order valence-corrected chi connectivity index (χ3v) is 8.50. The molecule has 0 spiro atoms. The first-order valence-electron chi connectivity index (χ1n) is 16.4. The average Bonchev–Trinajstić information content (AvgIpc) is 3.66. The summed E-state index contributed by atoms with van der Waals surface area (Å²) in [7, 11) is 0. The molecule has 0 aliphatic heterocycles. The summed E-state index contributed by atoms with van der Waals surface area (Å²) in [6.45, 7) is 21.6. The predicted octanol–water partition coefficient (Wildman–Crippen LogP) is 12.6. The summed E-state index contributed by atoms with van der Waals surface area (Å²) < 4.78 is 3.34. The van der Waals surface area contributed by atoms with Gasteiger partial charge in [-0.3, -0.25) is 6.08 Å². The number of halogens is 2. The molecule has 0 bridgehead atoms. The van der Waals surface area contributed by atoms with Crippen molar-refractivity contribution in [2.45, 2.75) is 129 Å². The molecule has 2 aromatic carbocycles. The van der Waals surface area contributed by atoms with Gasteiger partial charge in [0.1, 0.15) is 0 Å². The molecule has 0 unspecified atom stereocenters. The average molecular weight is 715 g/mol. The van der Waals surface area contributed by atoms with Gasteiger partial charge in [0.15, 0.2) is 0 Å². The summed E-state index contributed by atoms with van der Waals surface area (Å²) in [5, 5.41) is 0.